The molecule has 0 aliphatic carbocycles. The van der Waals surface area contributed by atoms with E-state index in [9.17, 15) is 0 Å². The fourth-order valence-corrected chi connectivity index (χ4v) is 2.05. The molecule has 1 aromatic carbocycles. The summed E-state index contributed by atoms with van der Waals surface area (Å²) in [5.74, 6) is 1.21. The molecule has 0 saturated heterocycles. The Kier molecular flexibility index (Phi) is 6.23. The van der Waals surface area contributed by atoms with Crippen LogP contribution in [0, 0.1) is 0 Å². The first-order chi connectivity index (χ1) is 11.0. The number of aromatic nitrogens is 1. The lowest BCUT2D eigenvalue weighted by atomic mass is 10.2. The van der Waals surface area contributed by atoms with E-state index in [1.807, 2.05) is 44.2 Å². The maximum atomic E-state index is 5.88. The monoisotopic (exact) mass is 332 g/mol. The standard InChI is InChI=1S/C17H21ClN4O/c1-12(2)23-15-6-4-14(5-7-15)22-17(19)20-10-9-13-3-8-16(18)21-11-13/h3-8,11-12H,9-10H2,1-2H3,(H3,19,20,22). The van der Waals surface area contributed by atoms with Gasteiger partial charge in [-0.15, -0.1) is 0 Å². The number of nitrogens with zero attached hydrogens (tertiary/aromatic N) is 2. The van der Waals surface area contributed by atoms with E-state index in [1.54, 1.807) is 12.3 Å². The molecular weight excluding hydrogens is 312 g/mol. The Morgan fingerprint density at radius 2 is 2.00 bits per heavy atom. The Morgan fingerprint density at radius 3 is 2.61 bits per heavy atom. The van der Waals surface area contributed by atoms with Crippen LogP contribution in [0.4, 0.5) is 5.69 Å². The second kappa shape index (κ2) is 8.39. The highest BCUT2D eigenvalue weighted by atomic mass is 35.5. The lowest BCUT2D eigenvalue weighted by Gasteiger charge is -2.11. The van der Waals surface area contributed by atoms with Crippen LogP contribution in [-0.4, -0.2) is 23.6 Å². The van der Waals surface area contributed by atoms with Crippen molar-refractivity contribution in [3.8, 4) is 5.75 Å². The molecule has 2 rings (SSSR count). The van der Waals surface area contributed by atoms with Gasteiger partial charge in [-0.2, -0.15) is 0 Å². The first-order valence-corrected chi connectivity index (χ1v) is 7.85. The van der Waals surface area contributed by atoms with Gasteiger partial charge >= 0.3 is 0 Å². The second-order valence-corrected chi connectivity index (χ2v) is 5.71. The predicted octanol–water partition coefficient (Wildman–Crippen LogP) is 3.49. The van der Waals surface area contributed by atoms with Gasteiger partial charge in [0.15, 0.2) is 5.96 Å². The summed E-state index contributed by atoms with van der Waals surface area (Å²) in [7, 11) is 0. The number of pyridine rings is 1. The van der Waals surface area contributed by atoms with Crippen LogP contribution in [0.15, 0.2) is 47.6 Å². The van der Waals surface area contributed by atoms with Crippen molar-refractivity contribution in [1.29, 1.82) is 0 Å². The fourth-order valence-electron chi connectivity index (χ4n) is 1.94. The summed E-state index contributed by atoms with van der Waals surface area (Å²) < 4.78 is 5.59. The summed E-state index contributed by atoms with van der Waals surface area (Å²) in [4.78, 5) is 8.33. The topological polar surface area (TPSA) is 72.5 Å². The number of rotatable bonds is 6. The summed E-state index contributed by atoms with van der Waals surface area (Å²) in [6.45, 7) is 4.57. The van der Waals surface area contributed by atoms with Crippen molar-refractivity contribution in [3.05, 3.63) is 53.3 Å². The molecule has 0 amide bonds. The van der Waals surface area contributed by atoms with E-state index in [1.165, 1.54) is 0 Å². The number of hydrogen-bond donors (Lipinski definition) is 2. The molecule has 0 spiro atoms. The average molecular weight is 333 g/mol. The zero-order valence-corrected chi connectivity index (χ0v) is 14.0. The van der Waals surface area contributed by atoms with Gasteiger partial charge in [0, 0.05) is 18.4 Å². The van der Waals surface area contributed by atoms with E-state index < -0.39 is 0 Å². The third-order valence-corrected chi connectivity index (χ3v) is 3.19. The third-order valence-electron chi connectivity index (χ3n) is 2.97. The Bertz CT molecular complexity index is 639. The lowest BCUT2D eigenvalue weighted by molar-refractivity contribution is 0.242. The van der Waals surface area contributed by atoms with Gasteiger partial charge in [0.1, 0.15) is 10.9 Å². The van der Waals surface area contributed by atoms with Crippen LogP contribution in [0.25, 0.3) is 0 Å². The molecule has 0 saturated carbocycles. The predicted molar refractivity (Wildman–Crippen MR) is 95.3 cm³/mol. The largest absolute Gasteiger partial charge is 0.491 e. The number of nitrogens with two attached hydrogens (primary N) is 1. The molecule has 122 valence electrons. The molecular formula is C17H21ClN4O. The maximum absolute atomic E-state index is 5.88. The minimum absolute atomic E-state index is 0.155. The summed E-state index contributed by atoms with van der Waals surface area (Å²) in [6.07, 6.45) is 2.66. The SMILES string of the molecule is CC(C)Oc1ccc(NC(N)=NCCc2ccc(Cl)nc2)cc1. The van der Waals surface area contributed by atoms with Gasteiger partial charge in [-0.25, -0.2) is 4.98 Å². The average Bonchev–Trinajstić information content (AvgIpc) is 2.51. The van der Waals surface area contributed by atoms with E-state index in [-0.39, 0.29) is 6.10 Å². The number of halogens is 1. The van der Waals surface area contributed by atoms with E-state index in [2.05, 4.69) is 15.3 Å². The van der Waals surface area contributed by atoms with Crippen molar-refractivity contribution in [2.75, 3.05) is 11.9 Å². The fraction of sp³-hybridized carbons (Fsp3) is 0.294. The minimum Gasteiger partial charge on any atom is -0.491 e. The van der Waals surface area contributed by atoms with Crippen LogP contribution in [0.1, 0.15) is 19.4 Å². The highest BCUT2D eigenvalue weighted by Gasteiger charge is 1.99. The molecule has 1 heterocycles. The molecule has 0 aliphatic rings. The minimum atomic E-state index is 0.155. The molecule has 0 fully saturated rings. The van der Waals surface area contributed by atoms with Gasteiger partial charge in [-0.1, -0.05) is 17.7 Å². The summed E-state index contributed by atoms with van der Waals surface area (Å²) in [5, 5.41) is 3.54. The zero-order chi connectivity index (χ0) is 16.7. The molecule has 5 nitrogen and oxygen atoms in total. The van der Waals surface area contributed by atoms with Gasteiger partial charge in [0.05, 0.1) is 6.10 Å². The van der Waals surface area contributed by atoms with Crippen LogP contribution in [0.3, 0.4) is 0 Å². The second-order valence-electron chi connectivity index (χ2n) is 5.32. The molecule has 0 aliphatic heterocycles. The van der Waals surface area contributed by atoms with Crippen molar-refractivity contribution in [2.24, 2.45) is 10.7 Å². The number of hydrogen-bond acceptors (Lipinski definition) is 3. The summed E-state index contributed by atoms with van der Waals surface area (Å²) >= 11 is 5.75. The molecule has 0 radical (unpaired) electrons. The van der Waals surface area contributed by atoms with Gasteiger partial charge < -0.3 is 15.8 Å². The summed E-state index contributed by atoms with van der Waals surface area (Å²) in [5.41, 5.74) is 7.83. The van der Waals surface area contributed by atoms with E-state index in [0.717, 1.165) is 23.4 Å². The van der Waals surface area contributed by atoms with Crippen LogP contribution in [-0.2, 0) is 6.42 Å². The van der Waals surface area contributed by atoms with E-state index >= 15 is 0 Å². The Hall–Kier alpha value is -2.27. The highest BCUT2D eigenvalue weighted by Crippen LogP contribution is 2.16. The Balaban J connectivity index is 1.83. The molecule has 0 bridgehead atoms. The van der Waals surface area contributed by atoms with Crippen molar-refractivity contribution in [2.45, 2.75) is 26.4 Å². The van der Waals surface area contributed by atoms with Crippen molar-refractivity contribution >= 4 is 23.2 Å². The summed E-state index contributed by atoms with van der Waals surface area (Å²) in [6, 6.07) is 11.3. The van der Waals surface area contributed by atoms with E-state index in [0.29, 0.717) is 17.7 Å². The quantitative estimate of drug-likeness (QED) is 0.482. The molecule has 1 aromatic heterocycles. The van der Waals surface area contributed by atoms with Crippen LogP contribution >= 0.6 is 11.6 Å². The molecule has 6 heteroatoms. The van der Waals surface area contributed by atoms with Gasteiger partial charge in [0.2, 0.25) is 0 Å². The first kappa shape index (κ1) is 17.1. The molecule has 3 N–H and O–H groups in total. The Labute approximate surface area is 141 Å². The van der Waals surface area contributed by atoms with Crippen molar-refractivity contribution in [3.63, 3.8) is 0 Å². The van der Waals surface area contributed by atoms with Crippen LogP contribution in [0.2, 0.25) is 5.15 Å². The number of benzene rings is 1. The number of anilines is 1. The van der Waals surface area contributed by atoms with Crippen molar-refractivity contribution in [1.82, 2.24) is 4.98 Å². The molecule has 0 atom stereocenters. The van der Waals surface area contributed by atoms with Crippen LogP contribution < -0.4 is 15.8 Å². The van der Waals surface area contributed by atoms with E-state index in [4.69, 9.17) is 22.1 Å². The normalized spacial score (nSPS) is 11.6. The molecule has 2 aromatic rings. The first-order valence-electron chi connectivity index (χ1n) is 7.47. The van der Waals surface area contributed by atoms with Gasteiger partial charge in [-0.05, 0) is 56.2 Å². The van der Waals surface area contributed by atoms with Crippen molar-refractivity contribution < 1.29 is 4.74 Å². The van der Waals surface area contributed by atoms with Gasteiger partial charge in [-0.3, -0.25) is 4.99 Å². The Morgan fingerprint density at radius 1 is 1.26 bits per heavy atom. The molecule has 0 unspecified atom stereocenters. The highest BCUT2D eigenvalue weighted by molar-refractivity contribution is 6.29. The number of ether oxygens (including phenoxy) is 1. The van der Waals surface area contributed by atoms with Crippen LogP contribution in [0.5, 0.6) is 5.75 Å². The number of guanidine groups is 1. The smallest absolute Gasteiger partial charge is 0.193 e. The maximum Gasteiger partial charge on any atom is 0.193 e. The third kappa shape index (κ3) is 6.16. The number of nitrogens with one attached hydrogen (secondary N) is 1. The van der Waals surface area contributed by atoms with Gasteiger partial charge in [0.25, 0.3) is 0 Å². The zero-order valence-electron chi connectivity index (χ0n) is 13.3. The number of aliphatic imine (C=N–C) groups is 1. The molecule has 23 heavy (non-hydrogen) atoms. The lowest BCUT2D eigenvalue weighted by Crippen LogP contribution is -2.23.